The Morgan fingerprint density at radius 3 is 2.58 bits per heavy atom. The highest BCUT2D eigenvalue weighted by Crippen LogP contribution is 2.38. The number of piperidine rings is 1. The van der Waals surface area contributed by atoms with Crippen molar-refractivity contribution in [3.05, 3.63) is 63.2 Å². The number of carbonyl (C=O) groups excluding carboxylic acids is 1. The number of nitrogens with zero attached hydrogens (tertiary/aromatic N) is 1. The summed E-state index contributed by atoms with van der Waals surface area (Å²) in [7, 11) is 0. The van der Waals surface area contributed by atoms with Crippen molar-refractivity contribution in [3.63, 3.8) is 0 Å². The Hall–Kier alpha value is -3.39. The number of amides is 1. The third kappa shape index (κ3) is 5.23. The minimum atomic E-state index is -0.912. The van der Waals surface area contributed by atoms with E-state index in [1.807, 2.05) is 19.9 Å². The molecule has 36 heavy (non-hydrogen) atoms. The van der Waals surface area contributed by atoms with Crippen molar-refractivity contribution in [2.45, 2.75) is 45.6 Å². The van der Waals surface area contributed by atoms with Gasteiger partial charge in [0, 0.05) is 41.7 Å². The van der Waals surface area contributed by atoms with Gasteiger partial charge in [-0.25, -0.2) is 9.18 Å². The molecule has 1 saturated heterocycles. The summed E-state index contributed by atoms with van der Waals surface area (Å²) in [6.45, 7) is 6.17. The Balaban J connectivity index is 1.72. The normalized spacial score (nSPS) is 16.8. The van der Waals surface area contributed by atoms with E-state index in [0.29, 0.717) is 41.6 Å². The Kier molecular flexibility index (Phi) is 7.36. The van der Waals surface area contributed by atoms with Crippen molar-refractivity contribution in [2.75, 3.05) is 13.1 Å². The molecule has 1 N–H and O–H groups in total. The lowest BCUT2D eigenvalue weighted by atomic mass is 9.95. The Bertz CT molecular complexity index is 1380. The van der Waals surface area contributed by atoms with Gasteiger partial charge >= 0.3 is 11.6 Å². The van der Waals surface area contributed by atoms with Crippen LogP contribution in [0.2, 0.25) is 5.02 Å². The van der Waals surface area contributed by atoms with Crippen molar-refractivity contribution < 1.29 is 28.2 Å². The molecule has 0 aliphatic carbocycles. The summed E-state index contributed by atoms with van der Waals surface area (Å²) in [5, 5.41) is 10.1. The van der Waals surface area contributed by atoms with Crippen molar-refractivity contribution in [3.8, 4) is 16.9 Å². The largest absolute Gasteiger partial charge is 0.481 e. The van der Waals surface area contributed by atoms with Gasteiger partial charge in [0.05, 0.1) is 10.9 Å². The first kappa shape index (κ1) is 25.7. The molecule has 0 radical (unpaired) electrons. The number of aliphatic carboxylic acids is 1. The molecule has 1 amide bonds. The van der Waals surface area contributed by atoms with Gasteiger partial charge in [-0.1, -0.05) is 25.4 Å². The summed E-state index contributed by atoms with van der Waals surface area (Å²) >= 11 is 6.28. The molecule has 0 saturated carbocycles. The standard InChI is InChI=1S/C27H27ClFNO6/c1-14(2)19-10-21-20(18-7-6-17(29)9-22(18)28)11-25(31)36-24(21)12-23(19)35-15(3)26(32)30-8-4-5-16(13-30)27(33)34/h6-7,9-12,14-16H,4-5,8,13H2,1-3H3,(H,33,34)/t15-,16+/m1/s1. The van der Waals surface area contributed by atoms with E-state index in [1.165, 1.54) is 29.2 Å². The number of ether oxygens (including phenoxy) is 1. The van der Waals surface area contributed by atoms with Crippen LogP contribution in [0.1, 0.15) is 45.1 Å². The summed E-state index contributed by atoms with van der Waals surface area (Å²) in [4.78, 5) is 38.4. The molecule has 1 aliphatic heterocycles. The molecule has 0 spiro atoms. The van der Waals surface area contributed by atoms with Crippen LogP contribution in [0.4, 0.5) is 4.39 Å². The maximum Gasteiger partial charge on any atom is 0.336 e. The lowest BCUT2D eigenvalue weighted by Gasteiger charge is -2.32. The maximum absolute atomic E-state index is 13.6. The molecule has 2 aromatic carbocycles. The number of benzene rings is 2. The van der Waals surface area contributed by atoms with Crippen LogP contribution in [-0.4, -0.2) is 41.1 Å². The third-order valence-electron chi connectivity index (χ3n) is 6.45. The van der Waals surface area contributed by atoms with Crippen molar-refractivity contribution in [1.29, 1.82) is 0 Å². The molecule has 0 bridgehead atoms. The zero-order valence-electron chi connectivity index (χ0n) is 20.2. The van der Waals surface area contributed by atoms with Gasteiger partial charge in [0.15, 0.2) is 6.10 Å². The van der Waals surface area contributed by atoms with Gasteiger partial charge in [-0.05, 0) is 55.5 Å². The number of carboxylic acid groups (broad SMARTS) is 1. The van der Waals surface area contributed by atoms with Crippen LogP contribution >= 0.6 is 11.6 Å². The monoisotopic (exact) mass is 515 g/mol. The van der Waals surface area contributed by atoms with Gasteiger partial charge in [-0.15, -0.1) is 0 Å². The minimum Gasteiger partial charge on any atom is -0.481 e. The molecule has 190 valence electrons. The fourth-order valence-corrected chi connectivity index (χ4v) is 4.84. The van der Waals surface area contributed by atoms with E-state index in [1.54, 1.807) is 13.0 Å². The number of hydrogen-bond acceptors (Lipinski definition) is 5. The quantitative estimate of drug-likeness (QED) is 0.437. The van der Waals surface area contributed by atoms with Crippen LogP contribution < -0.4 is 10.4 Å². The number of halogens is 2. The number of rotatable bonds is 6. The van der Waals surface area contributed by atoms with Gasteiger partial charge in [0.25, 0.3) is 5.91 Å². The molecule has 9 heteroatoms. The summed E-state index contributed by atoms with van der Waals surface area (Å²) in [6, 6.07) is 8.67. The van der Waals surface area contributed by atoms with Crippen LogP contribution in [0.15, 0.2) is 45.6 Å². The molecule has 4 rings (SSSR count). The molecular formula is C27H27ClFNO6. The van der Waals surface area contributed by atoms with Gasteiger partial charge in [-0.2, -0.15) is 0 Å². The van der Waals surface area contributed by atoms with E-state index in [2.05, 4.69) is 0 Å². The second-order valence-electron chi connectivity index (χ2n) is 9.37. The Morgan fingerprint density at radius 1 is 1.17 bits per heavy atom. The van der Waals surface area contributed by atoms with Gasteiger partial charge in [0.1, 0.15) is 17.1 Å². The van der Waals surface area contributed by atoms with E-state index in [-0.39, 0.29) is 29.0 Å². The molecule has 1 aromatic heterocycles. The van der Waals surface area contributed by atoms with E-state index in [4.69, 9.17) is 20.8 Å². The number of carboxylic acids is 1. The summed E-state index contributed by atoms with van der Waals surface area (Å²) in [5.74, 6) is -1.92. The third-order valence-corrected chi connectivity index (χ3v) is 6.76. The maximum atomic E-state index is 13.6. The van der Waals surface area contributed by atoms with Crippen LogP contribution in [0.25, 0.3) is 22.1 Å². The van der Waals surface area contributed by atoms with E-state index >= 15 is 0 Å². The van der Waals surface area contributed by atoms with Gasteiger partial charge < -0.3 is 19.2 Å². The summed E-state index contributed by atoms with van der Waals surface area (Å²) in [6.07, 6.45) is 0.271. The fraction of sp³-hybridized carbons (Fsp3) is 0.370. The Morgan fingerprint density at radius 2 is 1.92 bits per heavy atom. The molecule has 2 atom stereocenters. The lowest BCUT2D eigenvalue weighted by molar-refractivity contribution is -0.147. The summed E-state index contributed by atoms with van der Waals surface area (Å²) in [5.41, 5.74) is 1.38. The average molecular weight is 516 g/mol. The highest BCUT2D eigenvalue weighted by Gasteiger charge is 2.31. The molecule has 1 aliphatic rings. The van der Waals surface area contributed by atoms with E-state index in [9.17, 15) is 23.9 Å². The lowest BCUT2D eigenvalue weighted by Crippen LogP contribution is -2.47. The highest BCUT2D eigenvalue weighted by atomic mass is 35.5. The van der Waals surface area contributed by atoms with Crippen molar-refractivity contribution in [2.24, 2.45) is 5.92 Å². The number of fused-ring (bicyclic) bond motifs is 1. The zero-order valence-corrected chi connectivity index (χ0v) is 21.0. The molecule has 3 aromatic rings. The molecule has 2 heterocycles. The number of carbonyl (C=O) groups is 2. The predicted octanol–water partition coefficient (Wildman–Crippen LogP) is 5.47. The minimum absolute atomic E-state index is 0.0125. The van der Waals surface area contributed by atoms with E-state index in [0.717, 1.165) is 5.56 Å². The average Bonchev–Trinajstić information content (AvgIpc) is 2.82. The summed E-state index contributed by atoms with van der Waals surface area (Å²) < 4.78 is 25.1. The van der Waals surface area contributed by atoms with Gasteiger partial charge in [-0.3, -0.25) is 9.59 Å². The highest BCUT2D eigenvalue weighted by molar-refractivity contribution is 6.33. The van der Waals surface area contributed by atoms with Crippen LogP contribution in [0.3, 0.4) is 0 Å². The topological polar surface area (TPSA) is 97.0 Å². The second-order valence-corrected chi connectivity index (χ2v) is 9.77. The second kappa shape index (κ2) is 10.3. The van der Waals surface area contributed by atoms with Crippen LogP contribution in [0.5, 0.6) is 5.75 Å². The molecular weight excluding hydrogens is 489 g/mol. The van der Waals surface area contributed by atoms with Crippen LogP contribution in [0, 0.1) is 11.7 Å². The van der Waals surface area contributed by atoms with Crippen molar-refractivity contribution >= 4 is 34.4 Å². The van der Waals surface area contributed by atoms with Crippen molar-refractivity contribution in [1.82, 2.24) is 4.90 Å². The SMILES string of the molecule is CC(C)c1cc2c(-c3ccc(F)cc3Cl)cc(=O)oc2cc1O[C@H](C)C(=O)N1CCC[C@H](C(=O)O)C1. The first-order chi connectivity index (χ1) is 17.0. The van der Waals surface area contributed by atoms with E-state index < -0.39 is 29.4 Å². The molecule has 0 unspecified atom stereocenters. The molecule has 7 nitrogen and oxygen atoms in total. The first-order valence-corrected chi connectivity index (χ1v) is 12.2. The zero-order chi connectivity index (χ0) is 26.1. The fourth-order valence-electron chi connectivity index (χ4n) is 4.57. The first-order valence-electron chi connectivity index (χ1n) is 11.8. The van der Waals surface area contributed by atoms with Gasteiger partial charge in [0.2, 0.25) is 0 Å². The number of hydrogen-bond donors (Lipinski definition) is 1. The van der Waals surface area contributed by atoms with Crippen LogP contribution in [-0.2, 0) is 9.59 Å². The number of likely N-dealkylation sites (tertiary alicyclic amines) is 1. The predicted molar refractivity (Wildman–Crippen MR) is 134 cm³/mol. The molecule has 1 fully saturated rings. The Labute approximate surface area is 212 Å². The smallest absolute Gasteiger partial charge is 0.336 e.